The number of allylic oxidation sites excluding steroid dienone is 8. The van der Waals surface area contributed by atoms with Gasteiger partial charge in [0.25, 0.3) is 0 Å². The molecule has 27 heavy (non-hydrogen) atoms. The molecule has 2 aliphatic carbocycles. The van der Waals surface area contributed by atoms with Gasteiger partial charge in [0.05, 0.1) is 0 Å². The average molecular weight is 356 g/mol. The van der Waals surface area contributed by atoms with E-state index < -0.39 is 0 Å². The van der Waals surface area contributed by atoms with Crippen LogP contribution in [-0.2, 0) is 11.8 Å². The van der Waals surface area contributed by atoms with E-state index >= 15 is 0 Å². The van der Waals surface area contributed by atoms with Gasteiger partial charge in [0, 0.05) is 22.3 Å². The van der Waals surface area contributed by atoms with Crippen molar-refractivity contribution in [1.29, 1.82) is 0 Å². The van der Waals surface area contributed by atoms with Crippen LogP contribution < -0.4 is 5.73 Å². The molecule has 1 spiro atoms. The molecule has 1 atom stereocenters. The summed E-state index contributed by atoms with van der Waals surface area (Å²) in [5, 5.41) is 0. The first-order chi connectivity index (χ1) is 13.1. The zero-order valence-corrected chi connectivity index (χ0v) is 16.9. The highest BCUT2D eigenvalue weighted by molar-refractivity contribution is 5.77. The lowest BCUT2D eigenvalue weighted by Crippen LogP contribution is -2.25. The maximum atomic E-state index is 6.06. The van der Waals surface area contributed by atoms with Crippen molar-refractivity contribution in [3.05, 3.63) is 81.6 Å². The van der Waals surface area contributed by atoms with Gasteiger partial charge in [0.15, 0.2) is 0 Å². The number of benzene rings is 1. The minimum absolute atomic E-state index is 0.285. The Morgan fingerprint density at radius 1 is 1.15 bits per heavy atom. The third kappa shape index (κ3) is 3.27. The molecule has 1 aromatic rings. The first-order valence-corrected chi connectivity index (χ1v) is 9.72. The molecule has 1 unspecified atom stereocenters. The third-order valence-electron chi connectivity index (χ3n) is 5.14. The molecule has 0 heterocycles. The molecule has 0 amide bonds. The Balaban J connectivity index is 0.00000126. The number of rotatable bonds is 3. The molecular weight excluding hydrogens is 326 g/mol. The largest absolute Gasteiger partial charge is 0.402 e. The van der Waals surface area contributed by atoms with Gasteiger partial charge in [0.1, 0.15) is 0 Å². The average Bonchev–Trinajstić information content (AvgIpc) is 3.19. The van der Waals surface area contributed by atoms with Gasteiger partial charge in [-0.15, -0.1) is 12.8 Å². The molecule has 138 valence electrons. The summed E-state index contributed by atoms with van der Waals surface area (Å²) in [7, 11) is 0. The van der Waals surface area contributed by atoms with Crippen LogP contribution in [0.4, 0.5) is 0 Å². The third-order valence-corrected chi connectivity index (χ3v) is 5.14. The normalized spacial score (nSPS) is 21.2. The summed E-state index contributed by atoms with van der Waals surface area (Å²) in [6.07, 6.45) is 21.1. The predicted octanol–water partition coefficient (Wildman–Crippen LogP) is 5.60. The number of aryl methyl sites for hydroxylation is 1. The maximum absolute atomic E-state index is 6.06. The van der Waals surface area contributed by atoms with Crippen LogP contribution in [0.15, 0.2) is 70.5 Å². The Labute approximate surface area is 164 Å². The lowest BCUT2D eigenvalue weighted by atomic mass is 9.71. The number of fused-ring (bicyclic) bond motifs is 2. The van der Waals surface area contributed by atoms with Crippen molar-refractivity contribution in [2.24, 2.45) is 5.73 Å². The van der Waals surface area contributed by atoms with Crippen LogP contribution in [0.2, 0.25) is 0 Å². The van der Waals surface area contributed by atoms with Gasteiger partial charge in [-0.25, -0.2) is 0 Å². The van der Waals surface area contributed by atoms with E-state index in [-0.39, 0.29) is 5.41 Å². The highest BCUT2D eigenvalue weighted by Gasteiger charge is 2.49. The molecule has 1 aromatic carbocycles. The maximum Gasteiger partial charge on any atom is 0.0483 e. The van der Waals surface area contributed by atoms with E-state index in [1.54, 1.807) is 0 Å². The first-order valence-electron chi connectivity index (χ1n) is 9.72. The second kappa shape index (κ2) is 8.66. The number of hydrogen-bond donors (Lipinski definition) is 1. The smallest absolute Gasteiger partial charge is 0.0483 e. The summed E-state index contributed by atoms with van der Waals surface area (Å²) < 4.78 is 0. The monoisotopic (exact) mass is 355 g/mol. The van der Waals surface area contributed by atoms with Crippen molar-refractivity contribution in [2.75, 3.05) is 0 Å². The van der Waals surface area contributed by atoms with Crippen LogP contribution in [-0.4, -0.2) is 0 Å². The Hall–Kier alpha value is -2.90. The number of hydrogen-bond acceptors (Lipinski definition) is 1. The molecular formula is C26H29N. The van der Waals surface area contributed by atoms with Gasteiger partial charge in [0.2, 0.25) is 0 Å². The molecule has 3 rings (SSSR count). The fraction of sp³-hybridized carbons (Fsp3) is 0.308. The molecule has 1 nitrogen and oxygen atoms in total. The van der Waals surface area contributed by atoms with Crippen molar-refractivity contribution in [1.82, 2.24) is 0 Å². The highest BCUT2D eigenvalue weighted by atomic mass is 14.6. The van der Waals surface area contributed by atoms with Gasteiger partial charge in [-0.1, -0.05) is 69.0 Å². The van der Waals surface area contributed by atoms with E-state index in [1.165, 1.54) is 11.1 Å². The van der Waals surface area contributed by atoms with E-state index in [0.717, 1.165) is 47.3 Å². The fourth-order valence-corrected chi connectivity index (χ4v) is 4.20. The lowest BCUT2D eigenvalue weighted by molar-refractivity contribution is 0.615. The molecule has 2 N–H and O–H groups in total. The molecule has 2 aliphatic rings. The van der Waals surface area contributed by atoms with Crippen molar-refractivity contribution in [3.8, 4) is 24.7 Å². The standard InChI is InChI=1S/C24H23N.C2H6/c1-5-8-12-22-19(6-2)20(7-3)23(16-17(4)25)24(22)15-14-18-11-9-10-13-21(18)24;1-2/h2-3,8-13,16H,5,14-15,25H2,1,4H3;1-2H3/b12-8-,17-16+;. The van der Waals surface area contributed by atoms with Gasteiger partial charge in [-0.3, -0.25) is 0 Å². The number of terminal acetylenes is 2. The molecule has 0 fully saturated rings. The topological polar surface area (TPSA) is 26.0 Å². The molecule has 0 bridgehead atoms. The van der Waals surface area contributed by atoms with E-state index in [9.17, 15) is 0 Å². The van der Waals surface area contributed by atoms with Gasteiger partial charge >= 0.3 is 0 Å². The summed E-state index contributed by atoms with van der Waals surface area (Å²) in [5.41, 5.74) is 13.0. The van der Waals surface area contributed by atoms with Gasteiger partial charge < -0.3 is 5.73 Å². The van der Waals surface area contributed by atoms with Crippen LogP contribution in [0, 0.1) is 24.7 Å². The van der Waals surface area contributed by atoms with Gasteiger partial charge in [-0.05, 0) is 54.5 Å². The Morgan fingerprint density at radius 2 is 1.78 bits per heavy atom. The van der Waals surface area contributed by atoms with E-state index in [4.69, 9.17) is 18.6 Å². The molecule has 0 saturated heterocycles. The van der Waals surface area contributed by atoms with Crippen LogP contribution in [0.25, 0.3) is 0 Å². The molecule has 0 aromatic heterocycles. The second-order valence-electron chi connectivity index (χ2n) is 6.63. The van der Waals surface area contributed by atoms with Crippen molar-refractivity contribution in [3.63, 3.8) is 0 Å². The molecule has 0 aliphatic heterocycles. The zero-order valence-electron chi connectivity index (χ0n) is 16.9. The van der Waals surface area contributed by atoms with E-state index in [2.05, 4.69) is 55.2 Å². The molecule has 0 saturated carbocycles. The SMILES string of the molecule is C#CC1=C(/C=C\CC)C2(CCc3ccccc32)C(/C=C(\C)N)=C1C#C.CC. The Kier molecular flexibility index (Phi) is 6.55. The van der Waals surface area contributed by atoms with Crippen LogP contribution in [0.5, 0.6) is 0 Å². The fourth-order valence-electron chi connectivity index (χ4n) is 4.20. The van der Waals surface area contributed by atoms with Crippen molar-refractivity contribution >= 4 is 0 Å². The summed E-state index contributed by atoms with van der Waals surface area (Å²) in [6.45, 7) is 8.02. The van der Waals surface area contributed by atoms with Crippen LogP contribution in [0.3, 0.4) is 0 Å². The van der Waals surface area contributed by atoms with Gasteiger partial charge in [-0.2, -0.15) is 0 Å². The first kappa shape index (κ1) is 20.4. The predicted molar refractivity (Wildman–Crippen MR) is 117 cm³/mol. The summed E-state index contributed by atoms with van der Waals surface area (Å²) in [5.74, 6) is 5.72. The zero-order chi connectivity index (χ0) is 20.0. The summed E-state index contributed by atoms with van der Waals surface area (Å²) in [6, 6.07) is 8.59. The quantitative estimate of drug-likeness (QED) is 0.702. The lowest BCUT2D eigenvalue weighted by Gasteiger charge is -2.31. The molecule has 1 heteroatoms. The summed E-state index contributed by atoms with van der Waals surface area (Å²) >= 11 is 0. The minimum Gasteiger partial charge on any atom is -0.402 e. The van der Waals surface area contributed by atoms with Crippen molar-refractivity contribution in [2.45, 2.75) is 52.4 Å². The second-order valence-corrected chi connectivity index (χ2v) is 6.63. The Morgan fingerprint density at radius 3 is 2.37 bits per heavy atom. The highest BCUT2D eigenvalue weighted by Crippen LogP contribution is 2.56. The Bertz CT molecular complexity index is 918. The van der Waals surface area contributed by atoms with Crippen LogP contribution >= 0.6 is 0 Å². The molecule has 0 radical (unpaired) electrons. The summed E-state index contributed by atoms with van der Waals surface area (Å²) in [4.78, 5) is 0. The van der Waals surface area contributed by atoms with Crippen LogP contribution in [0.1, 0.15) is 51.7 Å². The minimum atomic E-state index is -0.285. The number of nitrogens with two attached hydrogens (primary N) is 1. The van der Waals surface area contributed by atoms with E-state index in [1.807, 2.05) is 26.8 Å². The van der Waals surface area contributed by atoms with E-state index in [0.29, 0.717) is 0 Å². The van der Waals surface area contributed by atoms with Crippen molar-refractivity contribution < 1.29 is 0 Å².